The molecule has 1 saturated carbocycles. The Kier molecular flexibility index (Phi) is 5.00. The third-order valence-corrected chi connectivity index (χ3v) is 4.81. The van der Waals surface area contributed by atoms with Crippen LogP contribution in [-0.4, -0.2) is 27.1 Å². The van der Waals surface area contributed by atoms with E-state index in [4.69, 9.17) is 5.73 Å². The first-order valence-corrected chi connectivity index (χ1v) is 9.22. The Balaban J connectivity index is 1.98. The molecule has 2 atom stereocenters. The summed E-state index contributed by atoms with van der Waals surface area (Å²) < 4.78 is 22.4. The molecule has 1 aliphatic rings. The van der Waals surface area contributed by atoms with Crippen molar-refractivity contribution in [3.05, 3.63) is 29.8 Å². The Morgan fingerprint density at radius 3 is 2.52 bits per heavy atom. The number of sulfone groups is 1. The van der Waals surface area contributed by atoms with Crippen LogP contribution in [0.25, 0.3) is 0 Å². The number of hydrogen-bond donors (Lipinski definition) is 2. The molecule has 0 saturated heterocycles. The normalized spacial score (nSPS) is 22.2. The molecule has 1 fully saturated rings. The number of nitrogens with one attached hydrogen (secondary N) is 1. The molecule has 21 heavy (non-hydrogen) atoms. The van der Waals surface area contributed by atoms with Gasteiger partial charge in [0.25, 0.3) is 0 Å². The molecule has 6 heteroatoms. The van der Waals surface area contributed by atoms with E-state index in [9.17, 15) is 13.2 Å². The van der Waals surface area contributed by atoms with E-state index in [1.807, 2.05) is 0 Å². The van der Waals surface area contributed by atoms with Crippen LogP contribution in [0.4, 0.5) is 5.69 Å². The Labute approximate surface area is 125 Å². The lowest BCUT2D eigenvalue weighted by atomic mass is 9.95. The SMILES string of the molecule is CS(=O)(=O)Cc1ccc(NC(=O)[C@@H]2CCC[C@@H]2CN)cc1. The van der Waals surface area contributed by atoms with E-state index in [1.165, 1.54) is 6.26 Å². The van der Waals surface area contributed by atoms with Crippen LogP contribution in [0.1, 0.15) is 24.8 Å². The van der Waals surface area contributed by atoms with Gasteiger partial charge in [0.1, 0.15) is 0 Å². The van der Waals surface area contributed by atoms with E-state index in [-0.39, 0.29) is 23.5 Å². The number of carbonyl (C=O) groups excluding carboxylic acids is 1. The number of nitrogens with two attached hydrogens (primary N) is 1. The van der Waals surface area contributed by atoms with Gasteiger partial charge >= 0.3 is 0 Å². The highest BCUT2D eigenvalue weighted by atomic mass is 32.2. The molecule has 0 unspecified atom stereocenters. The van der Waals surface area contributed by atoms with Crippen molar-refractivity contribution in [2.75, 3.05) is 18.1 Å². The van der Waals surface area contributed by atoms with Crippen molar-refractivity contribution in [1.82, 2.24) is 0 Å². The molecule has 3 N–H and O–H groups in total. The summed E-state index contributed by atoms with van der Waals surface area (Å²) in [4.78, 5) is 12.2. The van der Waals surface area contributed by atoms with Gasteiger partial charge in [-0.05, 0) is 43.0 Å². The summed E-state index contributed by atoms with van der Waals surface area (Å²) in [5, 5.41) is 2.89. The van der Waals surface area contributed by atoms with Crippen LogP contribution in [0.15, 0.2) is 24.3 Å². The molecule has 0 spiro atoms. The average Bonchev–Trinajstić information content (AvgIpc) is 2.87. The lowest BCUT2D eigenvalue weighted by Crippen LogP contribution is -2.29. The minimum atomic E-state index is -3.04. The first kappa shape index (κ1) is 16.0. The zero-order valence-electron chi connectivity index (χ0n) is 12.2. The molecular formula is C15H22N2O3S. The monoisotopic (exact) mass is 310 g/mol. The number of benzene rings is 1. The number of hydrogen-bond acceptors (Lipinski definition) is 4. The number of anilines is 1. The molecule has 0 radical (unpaired) electrons. The minimum absolute atomic E-state index is 0.00861. The van der Waals surface area contributed by atoms with Crippen LogP contribution < -0.4 is 11.1 Å². The Morgan fingerprint density at radius 2 is 1.95 bits per heavy atom. The Morgan fingerprint density at radius 1 is 1.29 bits per heavy atom. The minimum Gasteiger partial charge on any atom is -0.330 e. The highest BCUT2D eigenvalue weighted by Gasteiger charge is 2.31. The van der Waals surface area contributed by atoms with Crippen LogP contribution in [-0.2, 0) is 20.4 Å². The summed E-state index contributed by atoms with van der Waals surface area (Å²) in [5.41, 5.74) is 7.11. The summed E-state index contributed by atoms with van der Waals surface area (Å²) >= 11 is 0. The molecule has 1 aromatic rings. The van der Waals surface area contributed by atoms with E-state index >= 15 is 0 Å². The number of amides is 1. The lowest BCUT2D eigenvalue weighted by molar-refractivity contribution is -0.120. The van der Waals surface area contributed by atoms with E-state index in [0.29, 0.717) is 12.2 Å². The average molecular weight is 310 g/mol. The van der Waals surface area contributed by atoms with Crippen molar-refractivity contribution in [2.24, 2.45) is 17.6 Å². The van der Waals surface area contributed by atoms with E-state index in [1.54, 1.807) is 24.3 Å². The zero-order valence-corrected chi connectivity index (χ0v) is 13.0. The van der Waals surface area contributed by atoms with E-state index < -0.39 is 9.84 Å². The molecule has 0 aliphatic heterocycles. The summed E-state index contributed by atoms with van der Waals surface area (Å²) in [5.74, 6) is 0.290. The van der Waals surface area contributed by atoms with Crippen LogP contribution in [0.5, 0.6) is 0 Å². The molecular weight excluding hydrogens is 288 g/mol. The second kappa shape index (κ2) is 6.58. The van der Waals surface area contributed by atoms with Gasteiger partial charge in [-0.25, -0.2) is 8.42 Å². The molecule has 116 valence electrons. The van der Waals surface area contributed by atoms with Crippen molar-refractivity contribution < 1.29 is 13.2 Å². The topological polar surface area (TPSA) is 89.3 Å². The predicted molar refractivity (Wildman–Crippen MR) is 83.5 cm³/mol. The predicted octanol–water partition coefficient (Wildman–Crippen LogP) is 1.54. The van der Waals surface area contributed by atoms with Gasteiger partial charge < -0.3 is 11.1 Å². The standard InChI is InChI=1S/C15H22N2O3S/c1-21(19,20)10-11-5-7-13(8-6-11)17-15(18)14-4-2-3-12(14)9-16/h5-8,12,14H,2-4,9-10,16H2,1H3,(H,17,18)/t12-,14-/m1/s1. The molecule has 2 rings (SSSR count). The Hall–Kier alpha value is -1.40. The molecule has 5 nitrogen and oxygen atoms in total. The summed E-state index contributed by atoms with van der Waals surface area (Å²) in [6.45, 7) is 0.547. The van der Waals surface area contributed by atoms with Crippen molar-refractivity contribution in [3.8, 4) is 0 Å². The molecule has 0 aromatic heterocycles. The van der Waals surface area contributed by atoms with Gasteiger partial charge in [-0.2, -0.15) is 0 Å². The van der Waals surface area contributed by atoms with E-state index in [0.717, 1.165) is 24.8 Å². The van der Waals surface area contributed by atoms with Gasteiger partial charge in [0, 0.05) is 17.9 Å². The first-order valence-electron chi connectivity index (χ1n) is 7.16. The maximum atomic E-state index is 12.2. The molecule has 1 aliphatic carbocycles. The number of rotatable bonds is 5. The highest BCUT2D eigenvalue weighted by molar-refractivity contribution is 7.89. The van der Waals surface area contributed by atoms with Gasteiger partial charge in [-0.15, -0.1) is 0 Å². The van der Waals surface area contributed by atoms with Crippen molar-refractivity contribution >= 4 is 21.4 Å². The van der Waals surface area contributed by atoms with Gasteiger partial charge in [0.05, 0.1) is 5.75 Å². The van der Waals surface area contributed by atoms with E-state index in [2.05, 4.69) is 5.32 Å². The summed E-state index contributed by atoms with van der Waals surface area (Å²) in [6, 6.07) is 6.94. The fraction of sp³-hybridized carbons (Fsp3) is 0.533. The van der Waals surface area contributed by atoms with Crippen LogP contribution in [0, 0.1) is 11.8 Å². The van der Waals surface area contributed by atoms with Gasteiger partial charge in [0.2, 0.25) is 5.91 Å². The van der Waals surface area contributed by atoms with Crippen LogP contribution >= 0.6 is 0 Å². The fourth-order valence-electron chi connectivity index (χ4n) is 2.89. The summed E-state index contributed by atoms with van der Waals surface area (Å²) in [7, 11) is -3.04. The molecule has 1 amide bonds. The van der Waals surface area contributed by atoms with Crippen molar-refractivity contribution in [1.29, 1.82) is 0 Å². The van der Waals surface area contributed by atoms with Crippen molar-refractivity contribution in [2.45, 2.75) is 25.0 Å². The van der Waals surface area contributed by atoms with Crippen molar-refractivity contribution in [3.63, 3.8) is 0 Å². The summed E-state index contributed by atoms with van der Waals surface area (Å²) in [6.07, 6.45) is 4.16. The third kappa shape index (κ3) is 4.54. The lowest BCUT2D eigenvalue weighted by Gasteiger charge is -2.17. The number of carbonyl (C=O) groups is 1. The molecule has 1 aromatic carbocycles. The molecule has 0 heterocycles. The zero-order chi connectivity index (χ0) is 15.5. The second-order valence-corrected chi connectivity index (χ2v) is 7.93. The first-order chi connectivity index (χ1) is 9.89. The Bertz CT molecular complexity index is 596. The molecule has 0 bridgehead atoms. The third-order valence-electron chi connectivity index (χ3n) is 3.95. The fourth-order valence-corrected chi connectivity index (χ4v) is 3.68. The van der Waals surface area contributed by atoms with Gasteiger partial charge in [-0.3, -0.25) is 4.79 Å². The maximum absolute atomic E-state index is 12.2. The smallest absolute Gasteiger partial charge is 0.227 e. The largest absolute Gasteiger partial charge is 0.330 e. The highest BCUT2D eigenvalue weighted by Crippen LogP contribution is 2.31. The maximum Gasteiger partial charge on any atom is 0.227 e. The van der Waals surface area contributed by atoms with Crippen LogP contribution in [0.2, 0.25) is 0 Å². The quantitative estimate of drug-likeness (QED) is 0.863. The van der Waals surface area contributed by atoms with Gasteiger partial charge in [-0.1, -0.05) is 18.6 Å². The second-order valence-electron chi connectivity index (χ2n) is 5.79. The van der Waals surface area contributed by atoms with Gasteiger partial charge in [0.15, 0.2) is 9.84 Å². The van der Waals surface area contributed by atoms with Crippen LogP contribution in [0.3, 0.4) is 0 Å².